The summed E-state index contributed by atoms with van der Waals surface area (Å²) in [6.45, 7) is 6.12. The number of carbonyl (C=O) groups is 1. The Morgan fingerprint density at radius 1 is 1.17 bits per heavy atom. The van der Waals surface area contributed by atoms with Crippen LogP contribution in [0.25, 0.3) is 17.0 Å². The van der Waals surface area contributed by atoms with Gasteiger partial charge in [0.2, 0.25) is 5.91 Å². The van der Waals surface area contributed by atoms with Crippen molar-refractivity contribution in [2.75, 3.05) is 25.0 Å². The van der Waals surface area contributed by atoms with E-state index in [9.17, 15) is 18.0 Å². The molecule has 4 aliphatic heterocycles. The van der Waals surface area contributed by atoms with Gasteiger partial charge in [-0.15, -0.1) is 0 Å². The average molecular weight is 483 g/mol. The standard InChI is InChI=1S/C25H25F3N6O/c1-15-31-22(30-14-17-4-3-5-19(12-17)25(26,27)28)21-13-20(18-6-9-33(10-7-18)16(2)35)23-29-8-11-34(23)24(21)32-15/h3-6,12-13,29H,7-11,14H2,1-2H3. The average Bonchev–Trinajstić information content (AvgIpc) is 3.32. The topological polar surface area (TPSA) is 75.4 Å². The lowest BCUT2D eigenvalue weighted by Gasteiger charge is -2.27. The third-order valence-corrected chi connectivity index (χ3v) is 6.38. The molecule has 1 N–H and O–H groups in total. The Hall–Kier alpha value is -3.69. The van der Waals surface area contributed by atoms with Gasteiger partial charge in [-0.2, -0.15) is 13.2 Å². The summed E-state index contributed by atoms with van der Waals surface area (Å²) in [5, 5.41) is 3.45. The molecule has 0 fully saturated rings. The molecule has 4 aliphatic rings. The highest BCUT2D eigenvalue weighted by Gasteiger charge is 2.30. The van der Waals surface area contributed by atoms with Crippen molar-refractivity contribution in [2.24, 2.45) is 4.99 Å². The highest BCUT2D eigenvalue weighted by atomic mass is 19.4. The number of aromatic nitrogens is 3. The monoisotopic (exact) mass is 482 g/mol. The number of pyridine rings is 1. The van der Waals surface area contributed by atoms with E-state index in [1.165, 1.54) is 6.07 Å². The largest absolute Gasteiger partial charge is 0.416 e. The third kappa shape index (κ3) is 4.52. The molecule has 0 aromatic heterocycles. The molecule has 4 heterocycles. The molecule has 0 aliphatic carbocycles. The minimum absolute atomic E-state index is 0.0519. The lowest BCUT2D eigenvalue weighted by atomic mass is 9.97. The number of nitrogens with zero attached hydrogens (tertiary/aromatic N) is 5. The summed E-state index contributed by atoms with van der Waals surface area (Å²) >= 11 is 0. The van der Waals surface area contributed by atoms with E-state index in [0.29, 0.717) is 30.0 Å². The Balaban J connectivity index is 1.59. The summed E-state index contributed by atoms with van der Waals surface area (Å²) in [4.78, 5) is 27.3. The van der Waals surface area contributed by atoms with Gasteiger partial charge in [-0.3, -0.25) is 9.79 Å². The first-order valence-electron chi connectivity index (χ1n) is 11.5. The molecular formula is C25H25F3N6O. The Kier molecular flexibility index (Phi) is 5.82. The fourth-order valence-corrected chi connectivity index (χ4v) is 4.62. The van der Waals surface area contributed by atoms with Gasteiger partial charge in [0.15, 0.2) is 5.49 Å². The van der Waals surface area contributed by atoms with Crippen LogP contribution in [-0.4, -0.2) is 45.0 Å². The van der Waals surface area contributed by atoms with Crippen molar-refractivity contribution in [3.8, 4) is 11.4 Å². The Morgan fingerprint density at radius 3 is 2.71 bits per heavy atom. The molecule has 7 nitrogen and oxygen atoms in total. The third-order valence-electron chi connectivity index (χ3n) is 6.38. The molecule has 5 rings (SSSR count). The molecule has 0 spiro atoms. The van der Waals surface area contributed by atoms with Crippen LogP contribution in [0.3, 0.4) is 0 Å². The molecule has 10 heteroatoms. The Morgan fingerprint density at radius 2 is 2.00 bits per heavy atom. The lowest BCUT2D eigenvalue weighted by molar-refractivity contribution is -0.137. The fraction of sp³-hybridized carbons (Fsp3) is 0.360. The zero-order valence-corrected chi connectivity index (χ0v) is 19.5. The number of carbonyl (C=O) groups excluding carboxylic acids is 1. The minimum atomic E-state index is -4.40. The maximum atomic E-state index is 13.1. The van der Waals surface area contributed by atoms with Crippen molar-refractivity contribution in [3.05, 3.63) is 64.4 Å². The maximum Gasteiger partial charge on any atom is 0.416 e. The lowest BCUT2D eigenvalue weighted by Crippen LogP contribution is -2.32. The Labute approximate surface area is 200 Å². The van der Waals surface area contributed by atoms with E-state index in [4.69, 9.17) is 0 Å². The van der Waals surface area contributed by atoms with Crippen molar-refractivity contribution in [1.82, 2.24) is 19.4 Å². The van der Waals surface area contributed by atoms with Crippen LogP contribution in [0.1, 0.15) is 35.9 Å². The van der Waals surface area contributed by atoms with E-state index in [2.05, 4.69) is 30.9 Å². The second-order valence-electron chi connectivity index (χ2n) is 8.78. The number of fused-ring (bicyclic) bond motifs is 3. The summed E-state index contributed by atoms with van der Waals surface area (Å²) in [7, 11) is 0. The van der Waals surface area contributed by atoms with E-state index < -0.39 is 11.7 Å². The van der Waals surface area contributed by atoms with Crippen LogP contribution in [0, 0.1) is 6.92 Å². The van der Waals surface area contributed by atoms with Crippen molar-refractivity contribution in [3.63, 3.8) is 0 Å². The molecule has 1 aromatic rings. The number of alkyl halides is 3. The number of aryl methyl sites for hydroxylation is 1. The first-order chi connectivity index (χ1) is 16.7. The normalized spacial score (nSPS) is 16.3. The summed E-state index contributed by atoms with van der Waals surface area (Å²) in [6.07, 6.45) is -1.61. The van der Waals surface area contributed by atoms with E-state index in [-0.39, 0.29) is 12.5 Å². The van der Waals surface area contributed by atoms with Crippen molar-refractivity contribution >= 4 is 17.3 Å². The van der Waals surface area contributed by atoms with Crippen LogP contribution in [-0.2, 0) is 24.1 Å². The molecular weight excluding hydrogens is 457 g/mol. The van der Waals surface area contributed by atoms with Gasteiger partial charge in [0, 0.05) is 38.7 Å². The van der Waals surface area contributed by atoms with Crippen LogP contribution in [0.15, 0.2) is 41.4 Å². The zero-order valence-electron chi connectivity index (χ0n) is 19.5. The van der Waals surface area contributed by atoms with E-state index >= 15 is 0 Å². The van der Waals surface area contributed by atoms with Crippen LogP contribution in [0.5, 0.6) is 0 Å². The van der Waals surface area contributed by atoms with Crippen LogP contribution in [0.4, 0.5) is 19.0 Å². The van der Waals surface area contributed by atoms with Crippen molar-refractivity contribution < 1.29 is 18.0 Å². The quantitative estimate of drug-likeness (QED) is 0.615. The number of benzene rings is 1. The van der Waals surface area contributed by atoms with Gasteiger partial charge in [-0.05, 0) is 42.7 Å². The number of rotatable bonds is 3. The van der Waals surface area contributed by atoms with Crippen molar-refractivity contribution in [1.29, 1.82) is 0 Å². The number of halogens is 3. The predicted molar refractivity (Wildman–Crippen MR) is 125 cm³/mol. The number of amides is 1. The Bertz CT molecular complexity index is 1370. The molecule has 0 radical (unpaired) electrons. The molecule has 0 unspecified atom stereocenters. The highest BCUT2D eigenvalue weighted by molar-refractivity contribution is 5.82. The van der Waals surface area contributed by atoms with Gasteiger partial charge in [-0.1, -0.05) is 18.2 Å². The maximum absolute atomic E-state index is 13.1. The second-order valence-corrected chi connectivity index (χ2v) is 8.78. The van der Waals surface area contributed by atoms with Crippen LogP contribution < -0.4 is 10.8 Å². The van der Waals surface area contributed by atoms with Crippen LogP contribution >= 0.6 is 0 Å². The summed E-state index contributed by atoms with van der Waals surface area (Å²) < 4.78 is 41.5. The van der Waals surface area contributed by atoms with E-state index in [1.54, 1.807) is 24.8 Å². The minimum Gasteiger partial charge on any atom is -0.369 e. The summed E-state index contributed by atoms with van der Waals surface area (Å²) in [5.74, 6) is 2.31. The highest BCUT2D eigenvalue weighted by Crippen LogP contribution is 2.36. The number of anilines is 1. The van der Waals surface area contributed by atoms with Crippen LogP contribution in [0.2, 0.25) is 0 Å². The fourth-order valence-electron chi connectivity index (χ4n) is 4.62. The van der Waals surface area contributed by atoms with Gasteiger partial charge in [0.05, 0.1) is 17.7 Å². The molecule has 0 atom stereocenters. The molecule has 0 saturated carbocycles. The van der Waals surface area contributed by atoms with Gasteiger partial charge in [0.1, 0.15) is 17.5 Å². The first-order valence-corrected chi connectivity index (χ1v) is 11.5. The van der Waals surface area contributed by atoms with E-state index in [0.717, 1.165) is 60.0 Å². The van der Waals surface area contributed by atoms with Gasteiger partial charge in [-0.25, -0.2) is 9.97 Å². The van der Waals surface area contributed by atoms with Gasteiger partial charge in [0.25, 0.3) is 0 Å². The molecule has 1 amide bonds. The second kappa shape index (κ2) is 8.83. The first kappa shape index (κ1) is 23.1. The predicted octanol–water partition coefficient (Wildman–Crippen LogP) is 3.87. The molecule has 0 bridgehead atoms. The summed E-state index contributed by atoms with van der Waals surface area (Å²) in [6, 6.07) is 7.21. The number of hydrogen-bond donors (Lipinski definition) is 1. The molecule has 182 valence electrons. The van der Waals surface area contributed by atoms with Gasteiger partial charge < -0.3 is 14.8 Å². The summed E-state index contributed by atoms with van der Waals surface area (Å²) in [5.41, 5.74) is 3.11. The SMILES string of the molecule is CC(=O)N1CC=C(c2cc3c(=NCc4cccc(C(F)(F)F)c4)nc(C)nc-3n3c2NCC3)CC1. The zero-order chi connectivity index (χ0) is 24.7. The molecule has 0 saturated heterocycles. The van der Waals surface area contributed by atoms with E-state index in [1.807, 2.05) is 6.07 Å². The smallest absolute Gasteiger partial charge is 0.369 e. The molecule has 1 aromatic carbocycles. The molecule has 35 heavy (non-hydrogen) atoms. The number of hydrogen-bond acceptors (Lipinski definition) is 5. The number of nitrogens with one attached hydrogen (secondary N) is 1. The van der Waals surface area contributed by atoms with Crippen molar-refractivity contribution in [2.45, 2.75) is 39.5 Å². The van der Waals surface area contributed by atoms with Gasteiger partial charge >= 0.3 is 6.18 Å².